The van der Waals surface area contributed by atoms with Gasteiger partial charge in [-0.25, -0.2) is 0 Å². The highest BCUT2D eigenvalue weighted by molar-refractivity contribution is 7.80. The molecule has 5 heteroatoms. The standard InChI is InChI=1S/C17H21N3S2/c1-11(2)10-20-16(14-8-7-12(3)22-14)15(19-17(20)21)13-6-4-5-9-18-13/h4-9,11,15-16H,10H2,1-3H3,(H,19,21)/t15-,16+/m1/s1. The number of nitrogens with zero attached hydrogens (tertiary/aromatic N) is 2. The Morgan fingerprint density at radius 3 is 2.73 bits per heavy atom. The number of pyridine rings is 1. The average Bonchev–Trinajstić information content (AvgIpc) is 3.04. The van der Waals surface area contributed by atoms with Gasteiger partial charge in [0.1, 0.15) is 0 Å². The largest absolute Gasteiger partial charge is 0.352 e. The Kier molecular flexibility index (Phi) is 4.45. The van der Waals surface area contributed by atoms with Gasteiger partial charge in [-0.2, -0.15) is 0 Å². The molecule has 0 aromatic carbocycles. The Morgan fingerprint density at radius 2 is 2.14 bits per heavy atom. The smallest absolute Gasteiger partial charge is 0.170 e. The van der Waals surface area contributed by atoms with Gasteiger partial charge >= 0.3 is 0 Å². The fourth-order valence-corrected chi connectivity index (χ4v) is 4.26. The molecule has 22 heavy (non-hydrogen) atoms. The van der Waals surface area contributed by atoms with Gasteiger partial charge in [0, 0.05) is 22.5 Å². The van der Waals surface area contributed by atoms with Crippen molar-refractivity contribution in [1.82, 2.24) is 15.2 Å². The van der Waals surface area contributed by atoms with Crippen LogP contribution in [0.15, 0.2) is 36.5 Å². The molecule has 0 unspecified atom stereocenters. The molecule has 0 bridgehead atoms. The van der Waals surface area contributed by atoms with Gasteiger partial charge in [0.2, 0.25) is 0 Å². The Morgan fingerprint density at radius 1 is 1.32 bits per heavy atom. The number of hydrogen-bond donors (Lipinski definition) is 1. The average molecular weight is 332 g/mol. The van der Waals surface area contributed by atoms with Crippen LogP contribution in [-0.2, 0) is 0 Å². The maximum absolute atomic E-state index is 5.61. The molecule has 0 amide bonds. The summed E-state index contributed by atoms with van der Waals surface area (Å²) >= 11 is 7.46. The summed E-state index contributed by atoms with van der Waals surface area (Å²) in [6, 6.07) is 10.8. The summed E-state index contributed by atoms with van der Waals surface area (Å²) < 4.78 is 0. The Labute approximate surface area is 141 Å². The SMILES string of the molecule is Cc1ccc([C@H]2[C@@H](c3ccccn3)NC(=S)N2CC(C)C)s1. The quantitative estimate of drug-likeness (QED) is 0.855. The van der Waals surface area contributed by atoms with Gasteiger partial charge in [-0.3, -0.25) is 4.98 Å². The van der Waals surface area contributed by atoms with Gasteiger partial charge in [-0.15, -0.1) is 11.3 Å². The van der Waals surface area contributed by atoms with Gasteiger partial charge in [0.15, 0.2) is 5.11 Å². The predicted molar refractivity (Wildman–Crippen MR) is 96.1 cm³/mol. The van der Waals surface area contributed by atoms with E-state index in [9.17, 15) is 0 Å². The minimum absolute atomic E-state index is 0.116. The zero-order valence-corrected chi connectivity index (χ0v) is 14.7. The molecule has 0 saturated carbocycles. The second-order valence-electron chi connectivity index (χ2n) is 6.12. The maximum Gasteiger partial charge on any atom is 0.170 e. The first-order chi connectivity index (χ1) is 10.6. The van der Waals surface area contributed by atoms with Crippen LogP contribution >= 0.6 is 23.6 Å². The normalized spacial score (nSPS) is 21.5. The molecule has 1 fully saturated rings. The number of aromatic nitrogens is 1. The van der Waals surface area contributed by atoms with Crippen LogP contribution < -0.4 is 5.32 Å². The predicted octanol–water partition coefficient (Wildman–Crippen LogP) is 4.08. The highest BCUT2D eigenvalue weighted by Gasteiger charge is 2.40. The van der Waals surface area contributed by atoms with Gasteiger partial charge < -0.3 is 10.2 Å². The van der Waals surface area contributed by atoms with Gasteiger partial charge in [-0.1, -0.05) is 19.9 Å². The lowest BCUT2D eigenvalue weighted by Crippen LogP contribution is -2.32. The molecule has 2 aromatic heterocycles. The van der Waals surface area contributed by atoms with E-state index in [1.54, 1.807) is 0 Å². The van der Waals surface area contributed by atoms with Crippen molar-refractivity contribution >= 4 is 28.7 Å². The third kappa shape index (κ3) is 3.01. The first-order valence-corrected chi connectivity index (χ1v) is 8.83. The minimum atomic E-state index is 0.116. The number of thiophene rings is 1. The number of rotatable bonds is 4. The third-order valence-electron chi connectivity index (χ3n) is 3.81. The molecular weight excluding hydrogens is 310 g/mol. The van der Waals surface area contributed by atoms with E-state index in [0.717, 1.165) is 17.4 Å². The summed E-state index contributed by atoms with van der Waals surface area (Å²) in [7, 11) is 0. The summed E-state index contributed by atoms with van der Waals surface area (Å²) in [6.07, 6.45) is 1.85. The molecule has 0 spiro atoms. The van der Waals surface area contributed by atoms with Crippen molar-refractivity contribution < 1.29 is 0 Å². The van der Waals surface area contributed by atoms with Gasteiger partial charge in [0.25, 0.3) is 0 Å². The van der Waals surface area contributed by atoms with Crippen LogP contribution in [0.3, 0.4) is 0 Å². The van der Waals surface area contributed by atoms with Crippen LogP contribution in [-0.4, -0.2) is 21.5 Å². The minimum Gasteiger partial charge on any atom is -0.352 e. The van der Waals surface area contributed by atoms with Crippen molar-refractivity contribution in [2.24, 2.45) is 5.92 Å². The molecular formula is C17H21N3S2. The number of thiocarbonyl (C=S) groups is 1. The van der Waals surface area contributed by atoms with E-state index in [-0.39, 0.29) is 12.1 Å². The lowest BCUT2D eigenvalue weighted by molar-refractivity contribution is 0.291. The fourth-order valence-electron chi connectivity index (χ4n) is 2.92. The van der Waals surface area contributed by atoms with Crippen LogP contribution in [0, 0.1) is 12.8 Å². The molecule has 0 aliphatic carbocycles. The number of nitrogens with one attached hydrogen (secondary N) is 1. The summed E-state index contributed by atoms with van der Waals surface area (Å²) in [5, 5.41) is 4.32. The van der Waals surface area contributed by atoms with E-state index in [0.29, 0.717) is 5.92 Å². The summed E-state index contributed by atoms with van der Waals surface area (Å²) in [4.78, 5) is 9.55. The summed E-state index contributed by atoms with van der Waals surface area (Å²) in [6.45, 7) is 7.56. The van der Waals surface area contributed by atoms with Crippen LogP contribution in [0.1, 0.15) is 41.4 Å². The molecule has 1 aliphatic rings. The van der Waals surface area contributed by atoms with Crippen molar-refractivity contribution in [1.29, 1.82) is 0 Å². The lowest BCUT2D eigenvalue weighted by atomic mass is 10.0. The molecule has 0 radical (unpaired) electrons. The van der Waals surface area contributed by atoms with Crippen LogP contribution in [0.2, 0.25) is 0 Å². The summed E-state index contributed by atoms with van der Waals surface area (Å²) in [5.41, 5.74) is 1.05. The van der Waals surface area contributed by atoms with Crippen molar-refractivity contribution in [2.45, 2.75) is 32.9 Å². The van der Waals surface area contributed by atoms with Crippen molar-refractivity contribution in [2.75, 3.05) is 6.54 Å². The van der Waals surface area contributed by atoms with E-state index >= 15 is 0 Å². The summed E-state index contributed by atoms with van der Waals surface area (Å²) in [5.74, 6) is 0.561. The van der Waals surface area contributed by atoms with Crippen LogP contribution in [0.5, 0.6) is 0 Å². The van der Waals surface area contributed by atoms with E-state index in [2.05, 4.69) is 54.2 Å². The number of hydrogen-bond acceptors (Lipinski definition) is 3. The highest BCUT2D eigenvalue weighted by atomic mass is 32.1. The second-order valence-corrected chi connectivity index (χ2v) is 7.83. The topological polar surface area (TPSA) is 28.2 Å². The maximum atomic E-state index is 5.61. The lowest BCUT2D eigenvalue weighted by Gasteiger charge is -2.28. The fraction of sp³-hybridized carbons (Fsp3) is 0.412. The second kappa shape index (κ2) is 6.34. The molecule has 3 rings (SSSR count). The van der Waals surface area contributed by atoms with Crippen LogP contribution in [0.25, 0.3) is 0 Å². The molecule has 3 nitrogen and oxygen atoms in total. The van der Waals surface area contributed by atoms with E-state index in [1.807, 2.05) is 29.7 Å². The van der Waals surface area contributed by atoms with Crippen LogP contribution in [0.4, 0.5) is 0 Å². The first kappa shape index (κ1) is 15.4. The van der Waals surface area contributed by atoms with E-state index in [4.69, 9.17) is 12.2 Å². The first-order valence-electron chi connectivity index (χ1n) is 7.60. The van der Waals surface area contributed by atoms with Crippen molar-refractivity contribution in [3.05, 3.63) is 52.0 Å². The Balaban J connectivity index is 2.00. The Hall–Kier alpha value is -1.46. The van der Waals surface area contributed by atoms with Gasteiger partial charge in [-0.05, 0) is 49.3 Å². The molecule has 1 saturated heterocycles. The third-order valence-corrected chi connectivity index (χ3v) is 5.24. The molecule has 1 aliphatic heterocycles. The molecule has 116 valence electrons. The van der Waals surface area contributed by atoms with Crippen molar-refractivity contribution in [3.63, 3.8) is 0 Å². The molecule has 2 aromatic rings. The van der Waals surface area contributed by atoms with Crippen molar-refractivity contribution in [3.8, 4) is 0 Å². The zero-order valence-electron chi connectivity index (χ0n) is 13.1. The number of aryl methyl sites for hydroxylation is 1. The Bertz CT molecular complexity index is 651. The molecule has 1 N–H and O–H groups in total. The van der Waals surface area contributed by atoms with E-state index < -0.39 is 0 Å². The highest BCUT2D eigenvalue weighted by Crippen LogP contribution is 2.41. The molecule has 3 heterocycles. The van der Waals surface area contributed by atoms with E-state index in [1.165, 1.54) is 9.75 Å². The zero-order chi connectivity index (χ0) is 15.7. The monoisotopic (exact) mass is 331 g/mol. The molecule has 2 atom stereocenters. The van der Waals surface area contributed by atoms with Gasteiger partial charge in [0.05, 0.1) is 17.8 Å².